The number of amides is 2. The summed E-state index contributed by atoms with van der Waals surface area (Å²) in [4.78, 5) is 15.4. The van der Waals surface area contributed by atoms with Gasteiger partial charge >= 0.3 is 6.03 Å². The molecule has 5 heteroatoms. The first-order valence-corrected chi connectivity index (χ1v) is 5.81. The number of carbonyl (C=O) groups is 1. The van der Waals surface area contributed by atoms with E-state index < -0.39 is 5.60 Å². The predicted octanol–water partition coefficient (Wildman–Crippen LogP) is 0.104. The molecule has 2 amide bonds. The zero-order valence-corrected chi connectivity index (χ0v) is 10.5. The van der Waals surface area contributed by atoms with Crippen molar-refractivity contribution in [2.75, 3.05) is 40.3 Å². The second kappa shape index (κ2) is 5.50. The van der Waals surface area contributed by atoms with E-state index in [-0.39, 0.29) is 6.03 Å². The van der Waals surface area contributed by atoms with E-state index in [9.17, 15) is 9.90 Å². The Kier molecular flexibility index (Phi) is 4.56. The Morgan fingerprint density at radius 3 is 2.50 bits per heavy atom. The summed E-state index contributed by atoms with van der Waals surface area (Å²) in [5, 5.41) is 12.8. The van der Waals surface area contributed by atoms with Crippen molar-refractivity contribution in [1.82, 2.24) is 15.1 Å². The van der Waals surface area contributed by atoms with Gasteiger partial charge in [0.15, 0.2) is 0 Å². The molecule has 0 radical (unpaired) electrons. The lowest BCUT2D eigenvalue weighted by atomic mass is 10.1. The molecule has 0 saturated carbocycles. The summed E-state index contributed by atoms with van der Waals surface area (Å²) >= 11 is 0. The monoisotopic (exact) mass is 229 g/mol. The fourth-order valence-corrected chi connectivity index (χ4v) is 2.04. The van der Waals surface area contributed by atoms with Crippen molar-refractivity contribution < 1.29 is 9.90 Å². The third-order valence-corrected chi connectivity index (χ3v) is 2.67. The minimum Gasteiger partial charge on any atom is -0.387 e. The van der Waals surface area contributed by atoms with Crippen molar-refractivity contribution in [2.45, 2.75) is 25.4 Å². The fourth-order valence-electron chi connectivity index (χ4n) is 2.04. The van der Waals surface area contributed by atoms with Gasteiger partial charge in [0.2, 0.25) is 0 Å². The lowest BCUT2D eigenvalue weighted by Crippen LogP contribution is -2.49. The van der Waals surface area contributed by atoms with Crippen LogP contribution in [0, 0.1) is 0 Å². The van der Waals surface area contributed by atoms with E-state index in [1.54, 1.807) is 11.8 Å². The average molecular weight is 229 g/mol. The zero-order valence-electron chi connectivity index (χ0n) is 10.5. The van der Waals surface area contributed by atoms with Crippen molar-refractivity contribution >= 4 is 6.03 Å². The number of carbonyl (C=O) groups excluding carboxylic acids is 1. The zero-order chi connectivity index (χ0) is 12.2. The van der Waals surface area contributed by atoms with Gasteiger partial charge in [-0.25, -0.2) is 4.79 Å². The number of hydrogen-bond acceptors (Lipinski definition) is 3. The van der Waals surface area contributed by atoms with E-state index >= 15 is 0 Å². The van der Waals surface area contributed by atoms with Gasteiger partial charge in [-0.3, -0.25) is 0 Å². The summed E-state index contributed by atoms with van der Waals surface area (Å²) < 4.78 is 0. The normalized spacial score (nSPS) is 19.9. The van der Waals surface area contributed by atoms with Crippen LogP contribution in [0.25, 0.3) is 0 Å². The topological polar surface area (TPSA) is 55.8 Å². The fraction of sp³-hybridized carbons (Fsp3) is 0.909. The van der Waals surface area contributed by atoms with Crippen LogP contribution < -0.4 is 5.32 Å². The summed E-state index contributed by atoms with van der Waals surface area (Å²) in [7, 11) is 3.80. The standard InChI is InChI=1S/C11H23N3O2/c1-11(16,9-13(2)3)8-12-10(15)14-6-4-5-7-14/h16H,4-9H2,1-3H3,(H,12,15). The summed E-state index contributed by atoms with van der Waals surface area (Å²) in [6, 6.07) is -0.0588. The third kappa shape index (κ3) is 4.37. The van der Waals surface area contributed by atoms with Crippen molar-refractivity contribution in [1.29, 1.82) is 0 Å². The number of nitrogens with zero attached hydrogens (tertiary/aromatic N) is 2. The van der Waals surface area contributed by atoms with E-state index in [0.29, 0.717) is 13.1 Å². The van der Waals surface area contributed by atoms with Crippen LogP contribution >= 0.6 is 0 Å². The molecule has 1 aliphatic heterocycles. The summed E-state index contributed by atoms with van der Waals surface area (Å²) in [5.41, 5.74) is -0.876. The molecule has 0 aromatic rings. The van der Waals surface area contributed by atoms with E-state index in [1.165, 1.54) is 0 Å². The Hall–Kier alpha value is -0.810. The number of likely N-dealkylation sites (N-methyl/N-ethyl adjacent to an activating group) is 1. The molecule has 1 atom stereocenters. The second-order valence-corrected chi connectivity index (χ2v) is 5.09. The molecule has 0 spiro atoms. The number of aliphatic hydroxyl groups is 1. The highest BCUT2D eigenvalue weighted by atomic mass is 16.3. The quantitative estimate of drug-likeness (QED) is 0.719. The first-order valence-electron chi connectivity index (χ1n) is 5.81. The molecule has 1 heterocycles. The van der Waals surface area contributed by atoms with Crippen molar-refractivity contribution in [3.05, 3.63) is 0 Å². The smallest absolute Gasteiger partial charge is 0.317 e. The predicted molar refractivity (Wildman–Crippen MR) is 63.4 cm³/mol. The highest BCUT2D eigenvalue weighted by molar-refractivity contribution is 5.74. The Bertz CT molecular complexity index is 235. The summed E-state index contributed by atoms with van der Waals surface area (Å²) in [6.07, 6.45) is 2.17. The van der Waals surface area contributed by atoms with Gasteiger partial charge in [0.05, 0.1) is 5.60 Å². The molecule has 0 bridgehead atoms. The Labute approximate surface area is 97.4 Å². The number of nitrogens with one attached hydrogen (secondary N) is 1. The van der Waals surface area contributed by atoms with Crippen molar-refractivity contribution in [3.63, 3.8) is 0 Å². The lowest BCUT2D eigenvalue weighted by Gasteiger charge is -2.28. The lowest BCUT2D eigenvalue weighted by molar-refractivity contribution is 0.0350. The number of rotatable bonds is 4. The number of urea groups is 1. The van der Waals surface area contributed by atoms with Gasteiger partial charge in [0.25, 0.3) is 0 Å². The van der Waals surface area contributed by atoms with Crippen LogP contribution in [-0.2, 0) is 0 Å². The summed E-state index contributed by atoms with van der Waals surface area (Å²) in [5.74, 6) is 0. The van der Waals surface area contributed by atoms with Gasteiger partial charge in [-0.05, 0) is 33.9 Å². The van der Waals surface area contributed by atoms with Crippen LogP contribution in [0.2, 0.25) is 0 Å². The van der Waals surface area contributed by atoms with Gasteiger partial charge in [-0.2, -0.15) is 0 Å². The SMILES string of the molecule is CN(C)CC(C)(O)CNC(=O)N1CCCC1. The van der Waals surface area contributed by atoms with E-state index in [2.05, 4.69) is 5.32 Å². The Balaban J connectivity index is 2.29. The van der Waals surface area contributed by atoms with Crippen LogP contribution in [0.1, 0.15) is 19.8 Å². The van der Waals surface area contributed by atoms with E-state index in [1.807, 2.05) is 19.0 Å². The average Bonchev–Trinajstić information content (AvgIpc) is 2.64. The third-order valence-electron chi connectivity index (χ3n) is 2.67. The van der Waals surface area contributed by atoms with E-state index in [4.69, 9.17) is 0 Å². The molecule has 16 heavy (non-hydrogen) atoms. The molecule has 1 unspecified atom stereocenters. The van der Waals surface area contributed by atoms with Crippen LogP contribution in [0.3, 0.4) is 0 Å². The Morgan fingerprint density at radius 1 is 1.44 bits per heavy atom. The maximum atomic E-state index is 11.7. The van der Waals surface area contributed by atoms with Crippen LogP contribution in [0.5, 0.6) is 0 Å². The maximum Gasteiger partial charge on any atom is 0.317 e. The van der Waals surface area contributed by atoms with Gasteiger partial charge in [0, 0.05) is 26.2 Å². The molecule has 1 saturated heterocycles. The molecule has 2 N–H and O–H groups in total. The highest BCUT2D eigenvalue weighted by Gasteiger charge is 2.24. The molecule has 0 aromatic heterocycles. The molecular weight excluding hydrogens is 206 g/mol. The van der Waals surface area contributed by atoms with Gasteiger partial charge < -0.3 is 20.2 Å². The van der Waals surface area contributed by atoms with E-state index in [0.717, 1.165) is 25.9 Å². The Morgan fingerprint density at radius 2 is 2.00 bits per heavy atom. The first kappa shape index (κ1) is 13.3. The van der Waals surface area contributed by atoms with Crippen molar-refractivity contribution in [3.8, 4) is 0 Å². The molecule has 5 nitrogen and oxygen atoms in total. The minimum absolute atomic E-state index is 0.0588. The molecule has 1 fully saturated rings. The molecular formula is C11H23N3O2. The molecule has 94 valence electrons. The minimum atomic E-state index is -0.876. The molecule has 0 aromatic carbocycles. The van der Waals surface area contributed by atoms with Gasteiger partial charge in [-0.1, -0.05) is 0 Å². The van der Waals surface area contributed by atoms with Crippen LogP contribution in [0.15, 0.2) is 0 Å². The molecule has 1 aliphatic rings. The van der Waals surface area contributed by atoms with Crippen LogP contribution in [-0.4, -0.2) is 66.8 Å². The van der Waals surface area contributed by atoms with Gasteiger partial charge in [-0.15, -0.1) is 0 Å². The van der Waals surface area contributed by atoms with Gasteiger partial charge in [0.1, 0.15) is 0 Å². The number of likely N-dealkylation sites (tertiary alicyclic amines) is 1. The second-order valence-electron chi connectivity index (χ2n) is 5.09. The van der Waals surface area contributed by atoms with Crippen LogP contribution in [0.4, 0.5) is 4.79 Å². The number of hydrogen-bond donors (Lipinski definition) is 2. The summed E-state index contributed by atoms with van der Waals surface area (Å²) in [6.45, 7) is 4.23. The first-order chi connectivity index (χ1) is 7.41. The maximum absolute atomic E-state index is 11.7. The van der Waals surface area contributed by atoms with Crippen molar-refractivity contribution in [2.24, 2.45) is 0 Å². The highest BCUT2D eigenvalue weighted by Crippen LogP contribution is 2.08. The molecule has 1 rings (SSSR count). The largest absolute Gasteiger partial charge is 0.387 e. The molecule has 0 aliphatic carbocycles.